The second-order valence-electron chi connectivity index (χ2n) is 7.59. The number of hydrogen-bond acceptors (Lipinski definition) is 6. The summed E-state index contributed by atoms with van der Waals surface area (Å²) in [6, 6.07) is 12.7. The van der Waals surface area contributed by atoms with E-state index in [0.717, 1.165) is 24.0 Å². The van der Waals surface area contributed by atoms with Crippen molar-refractivity contribution in [3.63, 3.8) is 0 Å². The molecule has 3 N–H and O–H groups in total. The van der Waals surface area contributed by atoms with Crippen molar-refractivity contribution in [1.82, 2.24) is 10.3 Å². The quantitative estimate of drug-likeness (QED) is 0.626. The second kappa shape index (κ2) is 8.90. The summed E-state index contributed by atoms with van der Waals surface area (Å²) in [4.78, 5) is 16.0. The van der Waals surface area contributed by atoms with Crippen LogP contribution < -0.4 is 10.1 Å². The molecule has 1 aromatic heterocycles. The number of nitrogens with zero attached hydrogens (tertiary/aromatic N) is 1. The molecule has 1 aliphatic carbocycles. The Bertz CT molecular complexity index is 808. The third-order valence-corrected chi connectivity index (χ3v) is 5.68. The number of aliphatic carboxylic acids is 1. The van der Waals surface area contributed by atoms with E-state index >= 15 is 0 Å². The third-order valence-electron chi connectivity index (χ3n) is 5.68. The fraction of sp³-hybridized carbons (Fsp3) is 0.455. The molecular formula is C22H26N2O5. The van der Waals surface area contributed by atoms with Crippen LogP contribution in [0.25, 0.3) is 0 Å². The van der Waals surface area contributed by atoms with E-state index in [-0.39, 0.29) is 30.7 Å². The largest absolute Gasteiger partial charge is 0.481 e. The van der Waals surface area contributed by atoms with Gasteiger partial charge in [-0.1, -0.05) is 36.4 Å². The van der Waals surface area contributed by atoms with Crippen molar-refractivity contribution in [2.45, 2.75) is 36.9 Å². The summed E-state index contributed by atoms with van der Waals surface area (Å²) >= 11 is 0. The molecular weight excluding hydrogens is 372 g/mol. The molecule has 7 heteroatoms. The van der Waals surface area contributed by atoms with E-state index in [4.69, 9.17) is 9.47 Å². The molecule has 7 nitrogen and oxygen atoms in total. The van der Waals surface area contributed by atoms with E-state index < -0.39 is 11.9 Å². The summed E-state index contributed by atoms with van der Waals surface area (Å²) in [6.45, 7) is 1.26. The van der Waals surface area contributed by atoms with Crippen LogP contribution >= 0.6 is 0 Å². The Hall–Kier alpha value is -2.48. The number of benzene rings is 1. The van der Waals surface area contributed by atoms with Gasteiger partial charge in [0.1, 0.15) is 6.10 Å². The minimum absolute atomic E-state index is 0.105. The number of nitrogens with one attached hydrogen (secondary N) is 1. The van der Waals surface area contributed by atoms with Gasteiger partial charge in [0.2, 0.25) is 5.88 Å². The van der Waals surface area contributed by atoms with Crippen LogP contribution in [0.5, 0.6) is 5.88 Å². The first kappa shape index (κ1) is 19.8. The standard InChI is InChI=1S/C22H26N2O5/c25-13-17(15-6-7-18(23-12-15)29-16-8-10-28-11-9-16)24-21-19(20(21)22(26)27)14-4-2-1-3-5-14/h1-7,12,16-17,19-21,24-25H,8-11,13H2,(H,26,27)/t17-,19+,20+,21?/m0/s1. The van der Waals surface area contributed by atoms with Crippen LogP contribution in [0, 0.1) is 5.92 Å². The third kappa shape index (κ3) is 4.58. The average Bonchev–Trinajstić information content (AvgIpc) is 3.48. The van der Waals surface area contributed by atoms with Gasteiger partial charge in [-0.05, 0) is 11.1 Å². The van der Waals surface area contributed by atoms with Crippen LogP contribution in [-0.2, 0) is 9.53 Å². The second-order valence-corrected chi connectivity index (χ2v) is 7.59. The lowest BCUT2D eigenvalue weighted by molar-refractivity contribution is -0.138. The van der Waals surface area contributed by atoms with E-state index in [2.05, 4.69) is 10.3 Å². The van der Waals surface area contributed by atoms with Gasteiger partial charge in [0.05, 0.1) is 31.8 Å². The van der Waals surface area contributed by atoms with Gasteiger partial charge in [0.25, 0.3) is 0 Å². The number of carboxylic acid groups (broad SMARTS) is 1. The lowest BCUT2D eigenvalue weighted by Gasteiger charge is -2.23. The van der Waals surface area contributed by atoms with Gasteiger partial charge in [-0.2, -0.15) is 0 Å². The van der Waals surface area contributed by atoms with Crippen molar-refractivity contribution < 1.29 is 24.5 Å². The molecule has 2 fully saturated rings. The van der Waals surface area contributed by atoms with E-state index in [1.165, 1.54) is 0 Å². The molecule has 2 heterocycles. The summed E-state index contributed by atoms with van der Waals surface area (Å²) in [5.74, 6) is -0.886. The molecule has 0 spiro atoms. The molecule has 1 saturated heterocycles. The molecule has 2 aliphatic rings. The Kier molecular flexibility index (Phi) is 6.08. The fourth-order valence-corrected chi connectivity index (χ4v) is 4.03. The first-order valence-electron chi connectivity index (χ1n) is 10.0. The average molecular weight is 398 g/mol. The van der Waals surface area contributed by atoms with Crippen LogP contribution in [0.15, 0.2) is 48.7 Å². The maximum absolute atomic E-state index is 11.7. The van der Waals surface area contributed by atoms with Gasteiger partial charge in [-0.15, -0.1) is 0 Å². The first-order chi connectivity index (χ1) is 14.2. The number of pyridine rings is 1. The minimum atomic E-state index is -0.827. The number of aromatic nitrogens is 1. The van der Waals surface area contributed by atoms with E-state index in [1.807, 2.05) is 36.4 Å². The number of aliphatic hydroxyl groups is 1. The first-order valence-corrected chi connectivity index (χ1v) is 10.0. The van der Waals surface area contributed by atoms with E-state index in [1.54, 1.807) is 12.3 Å². The summed E-state index contributed by atoms with van der Waals surface area (Å²) in [5.41, 5.74) is 1.79. The Balaban J connectivity index is 1.41. The van der Waals surface area contributed by atoms with Crippen LogP contribution in [0.3, 0.4) is 0 Å². The highest BCUT2D eigenvalue weighted by Gasteiger charge is 2.56. The van der Waals surface area contributed by atoms with Gasteiger partial charge in [0, 0.05) is 37.1 Å². The SMILES string of the molecule is O=C(O)[C@H]1C(N[C@@H](CO)c2ccc(OC3CCOCC3)nc2)[C@@H]1c1ccccc1. The van der Waals surface area contributed by atoms with Crippen molar-refractivity contribution >= 4 is 5.97 Å². The summed E-state index contributed by atoms with van der Waals surface area (Å²) in [6.07, 6.45) is 3.49. The van der Waals surface area contributed by atoms with Crippen LogP contribution in [0.1, 0.15) is 35.9 Å². The molecule has 0 radical (unpaired) electrons. The topological polar surface area (TPSA) is 101 Å². The zero-order chi connectivity index (χ0) is 20.2. The zero-order valence-electron chi connectivity index (χ0n) is 16.1. The number of hydrogen-bond donors (Lipinski definition) is 3. The molecule has 2 aromatic rings. The van der Waals surface area contributed by atoms with Crippen LogP contribution in [-0.4, -0.2) is 53.1 Å². The van der Waals surface area contributed by atoms with Crippen molar-refractivity contribution in [1.29, 1.82) is 0 Å². The predicted octanol–water partition coefficient (Wildman–Crippen LogP) is 2.13. The lowest BCUT2D eigenvalue weighted by atomic mass is 10.1. The van der Waals surface area contributed by atoms with Gasteiger partial charge < -0.3 is 25.0 Å². The predicted molar refractivity (Wildman–Crippen MR) is 106 cm³/mol. The maximum Gasteiger partial charge on any atom is 0.308 e. The Morgan fingerprint density at radius 3 is 2.59 bits per heavy atom. The van der Waals surface area contributed by atoms with Crippen molar-refractivity contribution in [3.05, 3.63) is 59.8 Å². The molecule has 1 saturated carbocycles. The highest BCUT2D eigenvalue weighted by Crippen LogP contribution is 2.48. The molecule has 29 heavy (non-hydrogen) atoms. The summed E-state index contributed by atoms with van der Waals surface area (Å²) < 4.78 is 11.2. The summed E-state index contributed by atoms with van der Waals surface area (Å²) in [7, 11) is 0. The Morgan fingerprint density at radius 2 is 1.97 bits per heavy atom. The number of carbonyl (C=O) groups is 1. The van der Waals surface area contributed by atoms with E-state index in [9.17, 15) is 15.0 Å². The van der Waals surface area contributed by atoms with E-state index in [0.29, 0.717) is 19.1 Å². The normalized spacial score (nSPS) is 25.3. The zero-order valence-corrected chi connectivity index (χ0v) is 16.1. The molecule has 1 unspecified atom stereocenters. The van der Waals surface area contributed by atoms with Crippen LogP contribution in [0.2, 0.25) is 0 Å². The lowest BCUT2D eigenvalue weighted by Crippen LogP contribution is -2.29. The van der Waals surface area contributed by atoms with Gasteiger partial charge in [-0.3, -0.25) is 4.79 Å². The molecule has 4 atom stereocenters. The maximum atomic E-state index is 11.7. The number of rotatable bonds is 8. The Labute approximate surface area is 169 Å². The van der Waals surface area contributed by atoms with Gasteiger partial charge in [0.15, 0.2) is 0 Å². The van der Waals surface area contributed by atoms with Crippen LogP contribution in [0.4, 0.5) is 0 Å². The van der Waals surface area contributed by atoms with Crippen molar-refractivity contribution in [2.24, 2.45) is 5.92 Å². The molecule has 154 valence electrons. The summed E-state index contributed by atoms with van der Waals surface area (Å²) in [5, 5.41) is 22.8. The highest BCUT2D eigenvalue weighted by atomic mass is 16.5. The highest BCUT2D eigenvalue weighted by molar-refractivity contribution is 5.77. The molecule has 1 aromatic carbocycles. The minimum Gasteiger partial charge on any atom is -0.481 e. The number of aliphatic hydroxyl groups excluding tert-OH is 1. The Morgan fingerprint density at radius 1 is 1.21 bits per heavy atom. The van der Waals surface area contributed by atoms with Gasteiger partial charge >= 0.3 is 5.97 Å². The molecule has 4 rings (SSSR count). The fourth-order valence-electron chi connectivity index (χ4n) is 4.03. The molecule has 0 amide bonds. The number of carboxylic acids is 1. The molecule has 0 bridgehead atoms. The van der Waals surface area contributed by atoms with Gasteiger partial charge in [-0.25, -0.2) is 4.98 Å². The number of ether oxygens (including phenoxy) is 2. The molecule has 1 aliphatic heterocycles. The van der Waals surface area contributed by atoms with Crippen molar-refractivity contribution in [3.8, 4) is 5.88 Å². The van der Waals surface area contributed by atoms with Crippen molar-refractivity contribution in [2.75, 3.05) is 19.8 Å². The smallest absolute Gasteiger partial charge is 0.308 e. The monoisotopic (exact) mass is 398 g/mol.